The van der Waals surface area contributed by atoms with Crippen molar-refractivity contribution in [3.05, 3.63) is 29.3 Å². The molecule has 0 unspecified atom stereocenters. The summed E-state index contributed by atoms with van der Waals surface area (Å²) in [6, 6.07) is 2.57. The Morgan fingerprint density at radius 3 is 2.65 bits per heavy atom. The van der Waals surface area contributed by atoms with Crippen LogP contribution in [0.2, 0.25) is 0 Å². The van der Waals surface area contributed by atoms with Crippen LogP contribution in [0.3, 0.4) is 0 Å². The van der Waals surface area contributed by atoms with Crippen LogP contribution < -0.4 is 0 Å². The SMILES string of the molecule is C[C@@H]1CCC[C@H](O)CCCC=Cc2cc(O)cc(O)c2C(=O)O1. The van der Waals surface area contributed by atoms with Crippen molar-refractivity contribution in [2.75, 3.05) is 0 Å². The minimum absolute atomic E-state index is 0.0722. The first-order valence-electron chi connectivity index (χ1n) is 8.09. The third-order valence-corrected chi connectivity index (χ3v) is 4.00. The number of aliphatic hydroxyl groups excluding tert-OH is 1. The Morgan fingerprint density at radius 2 is 1.87 bits per heavy atom. The van der Waals surface area contributed by atoms with Crippen molar-refractivity contribution in [2.45, 2.75) is 57.7 Å². The lowest BCUT2D eigenvalue weighted by Crippen LogP contribution is -2.17. The van der Waals surface area contributed by atoms with Gasteiger partial charge in [-0.1, -0.05) is 12.2 Å². The fourth-order valence-electron chi connectivity index (χ4n) is 2.75. The van der Waals surface area contributed by atoms with Crippen molar-refractivity contribution in [1.82, 2.24) is 0 Å². The third-order valence-electron chi connectivity index (χ3n) is 4.00. The molecule has 2 rings (SSSR count). The summed E-state index contributed by atoms with van der Waals surface area (Å²) >= 11 is 0. The minimum Gasteiger partial charge on any atom is -0.508 e. The first-order chi connectivity index (χ1) is 11.0. The van der Waals surface area contributed by atoms with Gasteiger partial charge < -0.3 is 20.1 Å². The number of hydrogen-bond donors (Lipinski definition) is 3. The van der Waals surface area contributed by atoms with Crippen molar-refractivity contribution < 1.29 is 24.9 Å². The minimum atomic E-state index is -0.604. The zero-order valence-electron chi connectivity index (χ0n) is 13.4. The molecule has 5 heteroatoms. The highest BCUT2D eigenvalue weighted by atomic mass is 16.5. The van der Waals surface area contributed by atoms with E-state index in [-0.39, 0.29) is 29.3 Å². The van der Waals surface area contributed by atoms with E-state index in [0.29, 0.717) is 18.4 Å². The first-order valence-corrected chi connectivity index (χ1v) is 8.09. The maximum atomic E-state index is 12.3. The predicted octanol–water partition coefficient (Wildman–Crippen LogP) is 3.37. The van der Waals surface area contributed by atoms with Crippen LogP contribution in [-0.2, 0) is 4.74 Å². The number of esters is 1. The van der Waals surface area contributed by atoms with Crippen LogP contribution in [0.1, 0.15) is 61.4 Å². The van der Waals surface area contributed by atoms with Crippen LogP contribution in [0.4, 0.5) is 0 Å². The van der Waals surface area contributed by atoms with E-state index in [9.17, 15) is 20.1 Å². The monoisotopic (exact) mass is 320 g/mol. The number of allylic oxidation sites excluding steroid dienone is 1. The highest BCUT2D eigenvalue weighted by Crippen LogP contribution is 2.30. The summed E-state index contributed by atoms with van der Waals surface area (Å²) in [5.74, 6) is -1.00. The lowest BCUT2D eigenvalue weighted by Gasteiger charge is -2.17. The van der Waals surface area contributed by atoms with Crippen molar-refractivity contribution in [2.24, 2.45) is 0 Å². The van der Waals surface area contributed by atoms with Gasteiger partial charge in [0, 0.05) is 6.07 Å². The van der Waals surface area contributed by atoms with E-state index < -0.39 is 5.97 Å². The number of hydrogen-bond acceptors (Lipinski definition) is 5. The Labute approximate surface area is 136 Å². The second-order valence-corrected chi connectivity index (χ2v) is 6.06. The standard InChI is InChI=1S/C18H24O5/c1-12-6-5-9-14(19)8-4-2-3-7-13-10-15(20)11-16(21)17(13)18(22)23-12/h3,7,10-12,14,19-21H,2,4-6,8-9H2,1H3/t12-,14-/m1/s1. The summed E-state index contributed by atoms with van der Waals surface area (Å²) in [5, 5.41) is 29.5. The van der Waals surface area contributed by atoms with E-state index in [4.69, 9.17) is 4.74 Å². The number of benzene rings is 1. The van der Waals surface area contributed by atoms with Gasteiger partial charge in [0.25, 0.3) is 0 Å². The normalized spacial score (nSPS) is 23.7. The average molecular weight is 320 g/mol. The van der Waals surface area contributed by atoms with E-state index in [1.54, 1.807) is 13.0 Å². The van der Waals surface area contributed by atoms with Crippen molar-refractivity contribution in [1.29, 1.82) is 0 Å². The predicted molar refractivity (Wildman–Crippen MR) is 87.4 cm³/mol. The van der Waals surface area contributed by atoms with Gasteiger partial charge in [0.2, 0.25) is 0 Å². The van der Waals surface area contributed by atoms with Gasteiger partial charge in [-0.05, 0) is 57.1 Å². The Morgan fingerprint density at radius 1 is 1.13 bits per heavy atom. The second kappa shape index (κ2) is 8.02. The molecule has 1 aromatic rings. The molecule has 0 radical (unpaired) electrons. The van der Waals surface area contributed by atoms with Crippen molar-refractivity contribution in [3.63, 3.8) is 0 Å². The number of cyclic esters (lactones) is 1. The number of carbonyl (C=O) groups is 1. The van der Waals surface area contributed by atoms with Gasteiger partial charge in [0.15, 0.2) is 0 Å². The molecule has 1 aromatic carbocycles. The molecule has 0 fully saturated rings. The van der Waals surface area contributed by atoms with Crippen LogP contribution in [0.25, 0.3) is 6.08 Å². The molecule has 0 aromatic heterocycles. The molecule has 1 aliphatic rings. The molecule has 0 saturated carbocycles. The molecule has 0 saturated heterocycles. The molecule has 23 heavy (non-hydrogen) atoms. The zero-order valence-corrected chi connectivity index (χ0v) is 13.4. The quantitative estimate of drug-likeness (QED) is 0.638. The summed E-state index contributed by atoms with van der Waals surface area (Å²) in [4.78, 5) is 12.3. The van der Waals surface area contributed by atoms with Crippen LogP contribution in [0.5, 0.6) is 11.5 Å². The van der Waals surface area contributed by atoms with E-state index >= 15 is 0 Å². The Balaban J connectivity index is 2.30. The van der Waals surface area contributed by atoms with E-state index in [0.717, 1.165) is 31.7 Å². The van der Waals surface area contributed by atoms with Crippen LogP contribution in [-0.4, -0.2) is 33.5 Å². The molecule has 1 heterocycles. The Bertz CT molecular complexity index is 579. The van der Waals surface area contributed by atoms with E-state index in [2.05, 4.69) is 0 Å². The molecule has 0 amide bonds. The summed E-state index contributed by atoms with van der Waals surface area (Å²) < 4.78 is 5.38. The molecule has 0 spiro atoms. The van der Waals surface area contributed by atoms with Gasteiger partial charge >= 0.3 is 5.97 Å². The number of ether oxygens (including phenoxy) is 1. The molecule has 0 bridgehead atoms. The van der Waals surface area contributed by atoms with Gasteiger partial charge in [0.05, 0.1) is 12.2 Å². The Hall–Kier alpha value is -2.01. The molecule has 2 atom stereocenters. The molecule has 126 valence electrons. The van der Waals surface area contributed by atoms with Crippen molar-refractivity contribution >= 4 is 12.0 Å². The van der Waals surface area contributed by atoms with Crippen molar-refractivity contribution in [3.8, 4) is 11.5 Å². The number of aromatic hydroxyl groups is 2. The highest BCUT2D eigenvalue weighted by molar-refractivity contribution is 5.97. The molecule has 3 N–H and O–H groups in total. The summed E-state index contributed by atoms with van der Waals surface area (Å²) in [7, 11) is 0. The lowest BCUT2D eigenvalue weighted by atomic mass is 10.0. The van der Waals surface area contributed by atoms with Crippen LogP contribution in [0, 0.1) is 0 Å². The first kappa shape index (κ1) is 17.3. The lowest BCUT2D eigenvalue weighted by molar-refractivity contribution is 0.0307. The summed E-state index contributed by atoms with van der Waals surface area (Å²) in [6.07, 6.45) is 7.39. The van der Waals surface area contributed by atoms with Gasteiger partial charge in [-0.25, -0.2) is 4.79 Å². The largest absolute Gasteiger partial charge is 0.508 e. The molecule has 5 nitrogen and oxygen atoms in total. The van der Waals surface area contributed by atoms with Crippen LogP contribution >= 0.6 is 0 Å². The third kappa shape index (κ3) is 4.99. The number of phenolic OH excluding ortho intramolecular Hbond substituents is 2. The van der Waals surface area contributed by atoms with Gasteiger partial charge in [-0.15, -0.1) is 0 Å². The van der Waals surface area contributed by atoms with E-state index in [1.165, 1.54) is 6.07 Å². The molecular formula is C18H24O5. The summed E-state index contributed by atoms with van der Waals surface area (Å²) in [5.41, 5.74) is 0.500. The number of phenols is 2. The van der Waals surface area contributed by atoms with Gasteiger partial charge in [0.1, 0.15) is 17.1 Å². The fourth-order valence-corrected chi connectivity index (χ4v) is 2.75. The number of aliphatic hydroxyl groups is 1. The second-order valence-electron chi connectivity index (χ2n) is 6.06. The summed E-state index contributed by atoms with van der Waals surface area (Å²) in [6.45, 7) is 1.79. The van der Waals surface area contributed by atoms with Gasteiger partial charge in [-0.2, -0.15) is 0 Å². The fraction of sp³-hybridized carbons (Fsp3) is 0.500. The maximum Gasteiger partial charge on any atom is 0.342 e. The average Bonchev–Trinajstić information content (AvgIpc) is 2.45. The number of rotatable bonds is 0. The molecule has 0 aliphatic carbocycles. The van der Waals surface area contributed by atoms with E-state index in [1.807, 2.05) is 6.08 Å². The van der Waals surface area contributed by atoms with Gasteiger partial charge in [-0.3, -0.25) is 0 Å². The zero-order chi connectivity index (χ0) is 16.8. The number of carbonyl (C=O) groups excluding carboxylic acids is 1. The smallest absolute Gasteiger partial charge is 0.342 e. The maximum absolute atomic E-state index is 12.3. The molecular weight excluding hydrogens is 296 g/mol. The molecule has 1 aliphatic heterocycles. The van der Waals surface area contributed by atoms with Crippen LogP contribution in [0.15, 0.2) is 18.2 Å². The number of fused-ring (bicyclic) bond motifs is 1. The Kier molecular flexibility index (Phi) is 6.04. The topological polar surface area (TPSA) is 87.0 Å². The highest BCUT2D eigenvalue weighted by Gasteiger charge is 2.20.